The van der Waals surface area contributed by atoms with Gasteiger partial charge in [0.05, 0.1) is 0 Å². The summed E-state index contributed by atoms with van der Waals surface area (Å²) in [6, 6.07) is 16.6. The molecule has 3 aromatic rings. The number of nitrogens with zero attached hydrogens (tertiary/aromatic N) is 5. The lowest BCUT2D eigenvalue weighted by molar-refractivity contribution is 0.0782. The average Bonchev–Trinajstić information content (AvgIpc) is 3.38. The summed E-state index contributed by atoms with van der Waals surface area (Å²) in [5, 5.41) is 7.64. The van der Waals surface area contributed by atoms with Crippen LogP contribution in [-0.4, -0.2) is 63.7 Å². The normalized spacial score (nSPS) is 19.4. The first kappa shape index (κ1) is 18.4. The number of likely N-dealkylation sites (tertiary alicyclic amines) is 1. The number of aromatic nitrogens is 3. The molecule has 0 aliphatic carbocycles. The number of likely N-dealkylation sites (N-methyl/N-ethyl adjacent to an activating group) is 1. The van der Waals surface area contributed by atoms with Crippen LogP contribution in [0.3, 0.4) is 0 Å². The number of rotatable bonds is 4. The first-order chi connectivity index (χ1) is 13.5. The summed E-state index contributed by atoms with van der Waals surface area (Å²) in [6.45, 7) is 3.57. The van der Waals surface area contributed by atoms with Crippen molar-refractivity contribution in [2.75, 3.05) is 27.2 Å². The van der Waals surface area contributed by atoms with Crippen LogP contribution in [0.4, 0.5) is 0 Å². The molecule has 1 aromatic heterocycles. The van der Waals surface area contributed by atoms with Gasteiger partial charge in [0.25, 0.3) is 5.91 Å². The Morgan fingerprint density at radius 2 is 1.61 bits per heavy atom. The Bertz CT molecular complexity index is 932. The van der Waals surface area contributed by atoms with Crippen LogP contribution in [-0.2, 0) is 0 Å². The summed E-state index contributed by atoms with van der Waals surface area (Å²) >= 11 is 0. The number of hydrogen-bond acceptors (Lipinski definition) is 4. The fraction of sp³-hybridized carbons (Fsp3) is 0.318. The summed E-state index contributed by atoms with van der Waals surface area (Å²) in [5.41, 5.74) is 4.19. The molecule has 6 heteroatoms. The summed E-state index contributed by atoms with van der Waals surface area (Å²) in [7, 11) is 4.18. The van der Waals surface area contributed by atoms with Gasteiger partial charge in [-0.25, -0.2) is 0 Å². The Kier molecular flexibility index (Phi) is 4.96. The van der Waals surface area contributed by atoms with E-state index in [-0.39, 0.29) is 5.91 Å². The van der Waals surface area contributed by atoms with Crippen LogP contribution in [0.25, 0.3) is 5.69 Å². The van der Waals surface area contributed by atoms with Crippen molar-refractivity contribution >= 4 is 5.91 Å². The summed E-state index contributed by atoms with van der Waals surface area (Å²) in [4.78, 5) is 17.3. The van der Waals surface area contributed by atoms with Gasteiger partial charge in [-0.3, -0.25) is 9.36 Å². The molecule has 2 aromatic carbocycles. The van der Waals surface area contributed by atoms with E-state index in [2.05, 4.69) is 60.4 Å². The number of carbonyl (C=O) groups excluding carboxylic acids is 1. The van der Waals surface area contributed by atoms with Gasteiger partial charge in [-0.2, -0.15) is 0 Å². The van der Waals surface area contributed by atoms with E-state index in [1.807, 2.05) is 33.7 Å². The first-order valence-electron chi connectivity index (χ1n) is 9.50. The van der Waals surface area contributed by atoms with Gasteiger partial charge < -0.3 is 9.80 Å². The van der Waals surface area contributed by atoms with Crippen molar-refractivity contribution in [3.8, 4) is 5.69 Å². The molecule has 28 heavy (non-hydrogen) atoms. The lowest BCUT2D eigenvalue weighted by atomic mass is 9.93. The molecule has 1 fully saturated rings. The second-order valence-electron chi connectivity index (χ2n) is 7.67. The zero-order valence-electron chi connectivity index (χ0n) is 16.5. The molecule has 144 valence electrons. The van der Waals surface area contributed by atoms with Gasteiger partial charge in [0.2, 0.25) is 0 Å². The number of carbonyl (C=O) groups is 1. The van der Waals surface area contributed by atoms with Crippen molar-refractivity contribution in [2.45, 2.75) is 18.9 Å². The predicted octanol–water partition coefficient (Wildman–Crippen LogP) is 2.75. The minimum absolute atomic E-state index is 0.0803. The smallest absolute Gasteiger partial charge is 0.253 e. The molecule has 0 unspecified atom stereocenters. The number of amides is 1. The van der Waals surface area contributed by atoms with Gasteiger partial charge in [0, 0.05) is 36.3 Å². The molecular weight excluding hydrogens is 350 g/mol. The number of hydrogen-bond donors (Lipinski definition) is 0. The second kappa shape index (κ2) is 7.56. The Morgan fingerprint density at radius 1 is 0.964 bits per heavy atom. The highest BCUT2D eigenvalue weighted by molar-refractivity contribution is 5.94. The van der Waals surface area contributed by atoms with Crippen LogP contribution in [0.2, 0.25) is 0 Å². The first-order valence-corrected chi connectivity index (χ1v) is 9.50. The highest BCUT2D eigenvalue weighted by Gasteiger charge is 2.37. The molecule has 2 heterocycles. The summed E-state index contributed by atoms with van der Waals surface area (Å²) < 4.78 is 1.82. The van der Waals surface area contributed by atoms with E-state index in [0.717, 1.165) is 18.8 Å². The minimum Gasteiger partial charge on any atom is -0.336 e. The molecule has 1 aliphatic heterocycles. The molecule has 0 bridgehead atoms. The van der Waals surface area contributed by atoms with E-state index in [4.69, 9.17) is 0 Å². The van der Waals surface area contributed by atoms with E-state index < -0.39 is 0 Å². The Labute approximate surface area is 165 Å². The molecule has 2 atom stereocenters. The third kappa shape index (κ3) is 3.55. The zero-order valence-corrected chi connectivity index (χ0v) is 16.5. The SMILES string of the molecule is Cc1ccc([C@@H]2CN(C(=O)c3ccc(-n4cnnc4)cc3)C[C@H]2N(C)C)cc1. The number of benzene rings is 2. The van der Waals surface area contributed by atoms with Crippen molar-refractivity contribution in [3.05, 3.63) is 77.9 Å². The predicted molar refractivity (Wildman–Crippen MR) is 109 cm³/mol. The topological polar surface area (TPSA) is 54.3 Å². The van der Waals surface area contributed by atoms with Crippen molar-refractivity contribution in [1.82, 2.24) is 24.6 Å². The molecule has 0 spiro atoms. The third-order valence-corrected chi connectivity index (χ3v) is 5.58. The van der Waals surface area contributed by atoms with Crippen LogP contribution in [0.15, 0.2) is 61.2 Å². The average molecular weight is 375 g/mol. The Balaban J connectivity index is 1.53. The zero-order chi connectivity index (χ0) is 19.7. The molecule has 1 aliphatic rings. The molecule has 1 saturated heterocycles. The molecule has 4 rings (SSSR count). The van der Waals surface area contributed by atoms with Gasteiger partial charge in [-0.15, -0.1) is 10.2 Å². The van der Waals surface area contributed by atoms with Crippen molar-refractivity contribution in [2.24, 2.45) is 0 Å². The fourth-order valence-electron chi connectivity index (χ4n) is 3.91. The quantitative estimate of drug-likeness (QED) is 0.704. The van der Waals surface area contributed by atoms with E-state index in [0.29, 0.717) is 17.5 Å². The van der Waals surface area contributed by atoms with Crippen LogP contribution >= 0.6 is 0 Å². The van der Waals surface area contributed by atoms with Crippen molar-refractivity contribution in [1.29, 1.82) is 0 Å². The maximum atomic E-state index is 13.1. The molecular formula is C22H25N5O. The molecule has 0 radical (unpaired) electrons. The Morgan fingerprint density at radius 3 is 2.21 bits per heavy atom. The van der Waals surface area contributed by atoms with E-state index in [1.165, 1.54) is 11.1 Å². The summed E-state index contributed by atoms with van der Waals surface area (Å²) in [6.07, 6.45) is 3.29. The van der Waals surface area contributed by atoms with Gasteiger partial charge in [-0.05, 0) is 50.8 Å². The maximum Gasteiger partial charge on any atom is 0.253 e. The summed E-state index contributed by atoms with van der Waals surface area (Å²) in [5.74, 6) is 0.396. The second-order valence-corrected chi connectivity index (χ2v) is 7.67. The van der Waals surface area contributed by atoms with E-state index >= 15 is 0 Å². The van der Waals surface area contributed by atoms with Crippen molar-refractivity contribution < 1.29 is 4.79 Å². The molecule has 6 nitrogen and oxygen atoms in total. The van der Waals surface area contributed by atoms with Gasteiger partial charge >= 0.3 is 0 Å². The van der Waals surface area contributed by atoms with Gasteiger partial charge in [0.1, 0.15) is 12.7 Å². The van der Waals surface area contributed by atoms with Crippen LogP contribution in [0.5, 0.6) is 0 Å². The fourth-order valence-corrected chi connectivity index (χ4v) is 3.91. The van der Waals surface area contributed by atoms with E-state index in [9.17, 15) is 4.79 Å². The standard InChI is InChI=1S/C22H25N5O/c1-16-4-6-17(7-5-16)20-12-26(13-21(20)25(2)3)22(28)18-8-10-19(11-9-18)27-14-23-24-15-27/h4-11,14-15,20-21H,12-13H2,1-3H3/t20-,21+/m0/s1. The van der Waals surface area contributed by atoms with Gasteiger partial charge in [-0.1, -0.05) is 29.8 Å². The largest absolute Gasteiger partial charge is 0.336 e. The van der Waals surface area contributed by atoms with Crippen molar-refractivity contribution in [3.63, 3.8) is 0 Å². The lowest BCUT2D eigenvalue weighted by Crippen LogP contribution is -2.35. The highest BCUT2D eigenvalue weighted by atomic mass is 16.2. The van der Waals surface area contributed by atoms with Crippen LogP contribution in [0.1, 0.15) is 27.4 Å². The highest BCUT2D eigenvalue weighted by Crippen LogP contribution is 2.31. The molecule has 1 amide bonds. The molecule has 0 N–H and O–H groups in total. The van der Waals surface area contributed by atoms with Crippen LogP contribution in [0, 0.1) is 6.92 Å². The third-order valence-electron chi connectivity index (χ3n) is 5.58. The lowest BCUT2D eigenvalue weighted by Gasteiger charge is -2.25. The Hall–Kier alpha value is -2.99. The minimum atomic E-state index is 0.0803. The molecule has 0 saturated carbocycles. The maximum absolute atomic E-state index is 13.1. The van der Waals surface area contributed by atoms with Crippen LogP contribution < -0.4 is 0 Å². The number of aryl methyl sites for hydroxylation is 1. The van der Waals surface area contributed by atoms with Gasteiger partial charge in [0.15, 0.2) is 0 Å². The van der Waals surface area contributed by atoms with E-state index in [1.54, 1.807) is 12.7 Å². The monoisotopic (exact) mass is 375 g/mol.